The maximum absolute atomic E-state index is 12.3. The number of nitro groups is 1. The molecular weight excluding hydrogens is 292 g/mol. The van der Waals surface area contributed by atoms with Crippen molar-refractivity contribution in [1.29, 1.82) is 0 Å². The van der Waals surface area contributed by atoms with Crippen LogP contribution in [-0.4, -0.2) is 38.7 Å². The van der Waals surface area contributed by atoms with Crippen molar-refractivity contribution in [2.24, 2.45) is 0 Å². The van der Waals surface area contributed by atoms with E-state index < -0.39 is 10.9 Å². The molecule has 2 aromatic rings. The van der Waals surface area contributed by atoms with Gasteiger partial charge in [-0.15, -0.1) is 0 Å². The Morgan fingerprint density at radius 2 is 2.09 bits per heavy atom. The maximum Gasteiger partial charge on any atom is 0.491 e. The third-order valence-electron chi connectivity index (χ3n) is 3.17. The molecule has 0 amide bonds. The van der Waals surface area contributed by atoms with E-state index in [9.17, 15) is 14.9 Å². The first-order chi connectivity index (χ1) is 10.5. The van der Waals surface area contributed by atoms with Crippen LogP contribution in [0.15, 0.2) is 18.2 Å². The Balaban J connectivity index is 1.81. The second kappa shape index (κ2) is 5.43. The van der Waals surface area contributed by atoms with Gasteiger partial charge in [0.05, 0.1) is 0 Å². The summed E-state index contributed by atoms with van der Waals surface area (Å²) in [6.45, 7) is 2.32. The quantitative estimate of drug-likeness (QED) is 0.473. The molecule has 0 unspecified atom stereocenters. The van der Waals surface area contributed by atoms with E-state index in [1.54, 1.807) is 25.1 Å². The minimum Gasteiger partial charge on any atom is -0.486 e. The van der Waals surface area contributed by atoms with E-state index in [1.165, 1.54) is 4.68 Å². The van der Waals surface area contributed by atoms with Crippen LogP contribution in [0, 0.1) is 17.0 Å². The van der Waals surface area contributed by atoms with Gasteiger partial charge >= 0.3 is 5.95 Å². The second-order valence-electron chi connectivity index (χ2n) is 4.66. The molecule has 22 heavy (non-hydrogen) atoms. The fourth-order valence-corrected chi connectivity index (χ4v) is 2.08. The normalized spacial score (nSPS) is 13.0. The van der Waals surface area contributed by atoms with E-state index in [4.69, 9.17) is 9.47 Å². The number of nitrogens with zero attached hydrogens (tertiary/aromatic N) is 4. The Bertz CT molecular complexity index is 755. The average molecular weight is 304 g/mol. The van der Waals surface area contributed by atoms with E-state index in [1.807, 2.05) is 0 Å². The third kappa shape index (κ3) is 2.60. The van der Waals surface area contributed by atoms with E-state index in [0.29, 0.717) is 36.1 Å². The Morgan fingerprint density at radius 1 is 1.36 bits per heavy atom. The van der Waals surface area contributed by atoms with Gasteiger partial charge < -0.3 is 19.6 Å². The topological polar surface area (TPSA) is 109 Å². The molecule has 9 heteroatoms. The minimum absolute atomic E-state index is 0.133. The molecule has 1 aliphatic rings. The van der Waals surface area contributed by atoms with Crippen LogP contribution in [0.3, 0.4) is 0 Å². The monoisotopic (exact) mass is 304 g/mol. The maximum atomic E-state index is 12.3. The van der Waals surface area contributed by atoms with E-state index in [-0.39, 0.29) is 12.3 Å². The standard InChI is InChI=1S/C13H12N4O5/c1-8-14-13(17(19)20)15-16(8)7-10(18)9-2-3-11-12(6-9)22-5-4-21-11/h2-3,6H,4-5,7H2,1H3. The summed E-state index contributed by atoms with van der Waals surface area (Å²) in [6.07, 6.45) is 0. The van der Waals surface area contributed by atoms with Gasteiger partial charge in [0.1, 0.15) is 19.8 Å². The zero-order valence-electron chi connectivity index (χ0n) is 11.7. The van der Waals surface area contributed by atoms with Crippen molar-refractivity contribution in [3.63, 3.8) is 0 Å². The van der Waals surface area contributed by atoms with Crippen LogP contribution < -0.4 is 9.47 Å². The van der Waals surface area contributed by atoms with Crippen molar-refractivity contribution in [2.45, 2.75) is 13.5 Å². The van der Waals surface area contributed by atoms with E-state index in [0.717, 1.165) is 0 Å². The third-order valence-corrected chi connectivity index (χ3v) is 3.17. The molecule has 1 aliphatic heterocycles. The predicted molar refractivity (Wildman–Crippen MR) is 73.2 cm³/mol. The fourth-order valence-electron chi connectivity index (χ4n) is 2.08. The fraction of sp³-hybridized carbons (Fsp3) is 0.308. The van der Waals surface area contributed by atoms with Gasteiger partial charge in [0.15, 0.2) is 17.3 Å². The van der Waals surface area contributed by atoms with Gasteiger partial charge in [0, 0.05) is 17.6 Å². The predicted octanol–water partition coefficient (Wildman–Crippen LogP) is 1.15. The molecule has 0 N–H and O–H groups in total. The first kappa shape index (κ1) is 14.0. The number of carbonyl (C=O) groups is 1. The molecule has 0 atom stereocenters. The molecule has 0 aliphatic carbocycles. The molecule has 3 rings (SSSR count). The van der Waals surface area contributed by atoms with Gasteiger partial charge in [0.2, 0.25) is 5.82 Å². The highest BCUT2D eigenvalue weighted by Crippen LogP contribution is 2.30. The van der Waals surface area contributed by atoms with Crippen molar-refractivity contribution < 1.29 is 19.2 Å². The highest BCUT2D eigenvalue weighted by atomic mass is 16.6. The lowest BCUT2D eigenvalue weighted by Crippen LogP contribution is -2.17. The van der Waals surface area contributed by atoms with Crippen LogP contribution in [0.2, 0.25) is 0 Å². The lowest BCUT2D eigenvalue weighted by atomic mass is 10.1. The Labute approximate surface area is 124 Å². The van der Waals surface area contributed by atoms with Gasteiger partial charge in [-0.1, -0.05) is 0 Å². The molecule has 9 nitrogen and oxygen atoms in total. The van der Waals surface area contributed by atoms with E-state index >= 15 is 0 Å². The number of aryl methyl sites for hydroxylation is 1. The summed E-state index contributed by atoms with van der Waals surface area (Å²) in [4.78, 5) is 25.9. The SMILES string of the molecule is Cc1nc([N+](=O)[O-])nn1CC(=O)c1ccc2c(c1)OCCO2. The lowest BCUT2D eigenvalue weighted by Gasteiger charge is -2.18. The highest BCUT2D eigenvalue weighted by molar-refractivity contribution is 5.96. The summed E-state index contributed by atoms with van der Waals surface area (Å²) < 4.78 is 12.0. The molecule has 0 saturated heterocycles. The Morgan fingerprint density at radius 3 is 2.77 bits per heavy atom. The number of carbonyl (C=O) groups excluding carboxylic acids is 1. The van der Waals surface area contributed by atoms with Crippen LogP contribution >= 0.6 is 0 Å². The zero-order chi connectivity index (χ0) is 15.7. The van der Waals surface area contributed by atoms with Crippen molar-refractivity contribution >= 4 is 11.7 Å². The van der Waals surface area contributed by atoms with E-state index in [2.05, 4.69) is 10.1 Å². The first-order valence-electron chi connectivity index (χ1n) is 6.53. The van der Waals surface area contributed by atoms with Gasteiger partial charge in [-0.25, -0.2) is 0 Å². The number of fused-ring (bicyclic) bond motifs is 1. The number of aromatic nitrogens is 3. The van der Waals surface area contributed by atoms with Crippen molar-refractivity contribution in [3.8, 4) is 11.5 Å². The minimum atomic E-state index is -0.696. The molecule has 0 radical (unpaired) electrons. The summed E-state index contributed by atoms with van der Waals surface area (Å²) in [5, 5.41) is 14.3. The number of ketones is 1. The molecule has 1 aromatic heterocycles. The first-order valence-corrected chi connectivity index (χ1v) is 6.53. The average Bonchev–Trinajstić information content (AvgIpc) is 2.88. The number of hydrogen-bond donors (Lipinski definition) is 0. The number of benzene rings is 1. The molecule has 0 bridgehead atoms. The van der Waals surface area contributed by atoms with Crippen LogP contribution in [0.4, 0.5) is 5.95 Å². The number of rotatable bonds is 4. The summed E-state index contributed by atoms with van der Waals surface area (Å²) in [5.41, 5.74) is 0.418. The number of hydrogen-bond acceptors (Lipinski definition) is 7. The van der Waals surface area contributed by atoms with Crippen LogP contribution in [0.25, 0.3) is 0 Å². The van der Waals surface area contributed by atoms with Crippen molar-refractivity contribution in [3.05, 3.63) is 39.7 Å². The Kier molecular flexibility index (Phi) is 3.45. The second-order valence-corrected chi connectivity index (χ2v) is 4.66. The molecule has 0 spiro atoms. The van der Waals surface area contributed by atoms with Gasteiger partial charge in [-0.3, -0.25) is 4.79 Å². The molecular formula is C13H12N4O5. The lowest BCUT2D eigenvalue weighted by molar-refractivity contribution is -0.394. The number of Topliss-reactive ketones (excluding diaryl/α,β-unsaturated/α-hetero) is 1. The molecule has 0 saturated carbocycles. The number of ether oxygens (including phenoxy) is 2. The molecule has 2 heterocycles. The molecule has 114 valence electrons. The smallest absolute Gasteiger partial charge is 0.486 e. The largest absolute Gasteiger partial charge is 0.491 e. The highest BCUT2D eigenvalue weighted by Gasteiger charge is 2.21. The zero-order valence-corrected chi connectivity index (χ0v) is 11.7. The van der Waals surface area contributed by atoms with Crippen LogP contribution in [0.1, 0.15) is 16.2 Å². The van der Waals surface area contributed by atoms with Crippen molar-refractivity contribution in [1.82, 2.24) is 14.8 Å². The Hall–Kier alpha value is -2.97. The van der Waals surface area contributed by atoms with Crippen LogP contribution in [-0.2, 0) is 6.54 Å². The molecule has 1 aromatic carbocycles. The molecule has 0 fully saturated rings. The summed E-state index contributed by atoms with van der Waals surface area (Å²) in [7, 11) is 0. The van der Waals surface area contributed by atoms with Gasteiger partial charge in [0.25, 0.3) is 0 Å². The van der Waals surface area contributed by atoms with Gasteiger partial charge in [-0.05, 0) is 28.1 Å². The van der Waals surface area contributed by atoms with Crippen molar-refractivity contribution in [2.75, 3.05) is 13.2 Å². The summed E-state index contributed by atoms with van der Waals surface area (Å²) in [6, 6.07) is 4.88. The van der Waals surface area contributed by atoms with Gasteiger partial charge in [-0.2, -0.15) is 4.68 Å². The summed E-state index contributed by atoms with van der Waals surface area (Å²) in [5.74, 6) is 0.638. The summed E-state index contributed by atoms with van der Waals surface area (Å²) >= 11 is 0. The van der Waals surface area contributed by atoms with Crippen LogP contribution in [0.5, 0.6) is 11.5 Å².